The van der Waals surface area contributed by atoms with Crippen molar-refractivity contribution in [2.75, 3.05) is 30.4 Å². The molecule has 3 rings (SSSR count). The van der Waals surface area contributed by atoms with E-state index in [0.717, 1.165) is 5.56 Å². The Bertz CT molecular complexity index is 836. The SMILES string of the molecule is CN1C(=O)COc2ccc(NC(=O)C(=O)NCCc3ccccc3)cc21. The number of likely N-dealkylation sites (N-methyl/N-ethyl adjacent to an activating group) is 1. The summed E-state index contributed by atoms with van der Waals surface area (Å²) in [4.78, 5) is 37.1. The minimum Gasteiger partial charge on any atom is -0.482 e. The van der Waals surface area contributed by atoms with Gasteiger partial charge in [0.1, 0.15) is 5.75 Å². The van der Waals surface area contributed by atoms with Gasteiger partial charge in [-0.15, -0.1) is 0 Å². The lowest BCUT2D eigenvalue weighted by molar-refractivity contribution is -0.136. The Morgan fingerprint density at radius 2 is 1.88 bits per heavy atom. The van der Waals surface area contributed by atoms with E-state index in [9.17, 15) is 14.4 Å². The van der Waals surface area contributed by atoms with Gasteiger partial charge in [0, 0.05) is 19.3 Å². The predicted molar refractivity (Wildman–Crippen MR) is 97.1 cm³/mol. The fourth-order valence-electron chi connectivity index (χ4n) is 2.58. The number of benzene rings is 2. The van der Waals surface area contributed by atoms with Gasteiger partial charge < -0.3 is 20.3 Å². The second-order valence-electron chi connectivity index (χ2n) is 5.87. The first kappa shape index (κ1) is 17.5. The van der Waals surface area contributed by atoms with E-state index in [1.165, 1.54) is 4.90 Å². The molecule has 0 atom stereocenters. The van der Waals surface area contributed by atoms with Crippen molar-refractivity contribution >= 4 is 29.1 Å². The van der Waals surface area contributed by atoms with Gasteiger partial charge in [0.2, 0.25) is 0 Å². The topological polar surface area (TPSA) is 87.7 Å². The largest absolute Gasteiger partial charge is 0.482 e. The zero-order valence-electron chi connectivity index (χ0n) is 14.3. The van der Waals surface area contributed by atoms with E-state index in [2.05, 4.69) is 10.6 Å². The van der Waals surface area contributed by atoms with Gasteiger partial charge in [-0.05, 0) is 30.2 Å². The van der Waals surface area contributed by atoms with E-state index in [4.69, 9.17) is 4.74 Å². The summed E-state index contributed by atoms with van der Waals surface area (Å²) >= 11 is 0. The molecule has 2 N–H and O–H groups in total. The van der Waals surface area contributed by atoms with Crippen molar-refractivity contribution in [1.29, 1.82) is 0 Å². The average Bonchev–Trinajstić information content (AvgIpc) is 2.66. The Balaban J connectivity index is 1.56. The summed E-state index contributed by atoms with van der Waals surface area (Å²) in [5.41, 5.74) is 2.04. The van der Waals surface area contributed by atoms with Crippen LogP contribution in [0, 0.1) is 0 Å². The Labute approximate surface area is 150 Å². The Kier molecular flexibility index (Phi) is 5.17. The summed E-state index contributed by atoms with van der Waals surface area (Å²) in [5.74, 6) is -1.10. The van der Waals surface area contributed by atoms with Gasteiger partial charge in [0.25, 0.3) is 5.91 Å². The molecule has 0 fully saturated rings. The summed E-state index contributed by atoms with van der Waals surface area (Å²) < 4.78 is 5.33. The normalized spacial score (nSPS) is 12.8. The Morgan fingerprint density at radius 1 is 1.12 bits per heavy atom. The van der Waals surface area contributed by atoms with Crippen LogP contribution in [0.3, 0.4) is 0 Å². The predicted octanol–water partition coefficient (Wildman–Crippen LogP) is 1.34. The molecule has 1 aliphatic rings. The molecule has 7 heteroatoms. The van der Waals surface area contributed by atoms with Crippen LogP contribution in [0.15, 0.2) is 48.5 Å². The fraction of sp³-hybridized carbons (Fsp3) is 0.211. The minimum atomic E-state index is -0.760. The summed E-state index contributed by atoms with van der Waals surface area (Å²) in [5, 5.41) is 5.12. The molecular weight excluding hydrogens is 334 g/mol. The van der Waals surface area contributed by atoms with Crippen molar-refractivity contribution in [1.82, 2.24) is 5.32 Å². The highest BCUT2D eigenvalue weighted by atomic mass is 16.5. The lowest BCUT2D eigenvalue weighted by Crippen LogP contribution is -2.37. The Morgan fingerprint density at radius 3 is 2.65 bits per heavy atom. The molecule has 134 valence electrons. The number of nitrogens with zero attached hydrogens (tertiary/aromatic N) is 1. The molecule has 0 saturated heterocycles. The number of carbonyl (C=O) groups is 3. The van der Waals surface area contributed by atoms with Crippen LogP contribution < -0.4 is 20.3 Å². The molecular formula is C19H19N3O4. The summed E-state index contributed by atoms with van der Waals surface area (Å²) in [6.07, 6.45) is 0.642. The maximum absolute atomic E-state index is 12.0. The molecule has 0 saturated carbocycles. The summed E-state index contributed by atoms with van der Waals surface area (Å²) in [7, 11) is 1.63. The highest BCUT2D eigenvalue weighted by molar-refractivity contribution is 6.39. The molecule has 2 aromatic carbocycles. The van der Waals surface area contributed by atoms with Gasteiger partial charge in [-0.1, -0.05) is 30.3 Å². The third kappa shape index (κ3) is 4.00. The molecule has 26 heavy (non-hydrogen) atoms. The van der Waals surface area contributed by atoms with Gasteiger partial charge >= 0.3 is 11.8 Å². The highest BCUT2D eigenvalue weighted by Gasteiger charge is 2.23. The van der Waals surface area contributed by atoms with E-state index < -0.39 is 11.8 Å². The third-order valence-corrected chi connectivity index (χ3v) is 4.05. The molecule has 0 aromatic heterocycles. The van der Waals surface area contributed by atoms with Crippen LogP contribution in [0.1, 0.15) is 5.56 Å². The van der Waals surface area contributed by atoms with Gasteiger partial charge in [-0.25, -0.2) is 0 Å². The van der Waals surface area contributed by atoms with Crippen LogP contribution in [0.2, 0.25) is 0 Å². The number of carbonyl (C=O) groups excluding carboxylic acids is 3. The minimum absolute atomic E-state index is 0.0149. The van der Waals surface area contributed by atoms with E-state index in [1.54, 1.807) is 25.2 Å². The lowest BCUT2D eigenvalue weighted by Gasteiger charge is -2.26. The van der Waals surface area contributed by atoms with Crippen molar-refractivity contribution in [2.45, 2.75) is 6.42 Å². The van der Waals surface area contributed by atoms with Gasteiger partial charge in [-0.3, -0.25) is 14.4 Å². The number of ether oxygens (including phenoxy) is 1. The number of amides is 3. The van der Waals surface area contributed by atoms with Gasteiger partial charge in [0.15, 0.2) is 6.61 Å². The van der Waals surface area contributed by atoms with E-state index in [-0.39, 0.29) is 12.5 Å². The van der Waals surface area contributed by atoms with Crippen LogP contribution >= 0.6 is 0 Å². The number of anilines is 2. The van der Waals surface area contributed by atoms with E-state index in [1.807, 2.05) is 30.3 Å². The molecule has 0 spiro atoms. The van der Waals surface area contributed by atoms with Crippen molar-refractivity contribution in [3.63, 3.8) is 0 Å². The highest BCUT2D eigenvalue weighted by Crippen LogP contribution is 2.33. The summed E-state index contributed by atoms with van der Waals surface area (Å²) in [6, 6.07) is 14.6. The zero-order chi connectivity index (χ0) is 18.5. The summed E-state index contributed by atoms with van der Waals surface area (Å²) in [6.45, 7) is 0.352. The molecule has 0 aliphatic carbocycles. The van der Waals surface area contributed by atoms with Gasteiger partial charge in [0.05, 0.1) is 5.69 Å². The average molecular weight is 353 g/mol. The second kappa shape index (κ2) is 7.69. The number of hydrogen-bond donors (Lipinski definition) is 2. The van der Waals surface area contributed by atoms with Crippen LogP contribution in [0.5, 0.6) is 5.75 Å². The standard InChI is InChI=1S/C19H19N3O4/c1-22-15-11-14(7-8-16(15)26-12-17(22)23)21-19(25)18(24)20-10-9-13-5-3-2-4-6-13/h2-8,11H,9-10,12H2,1H3,(H,20,24)(H,21,25). The molecule has 0 radical (unpaired) electrons. The van der Waals surface area contributed by atoms with E-state index in [0.29, 0.717) is 30.1 Å². The second-order valence-corrected chi connectivity index (χ2v) is 5.87. The van der Waals surface area contributed by atoms with Crippen molar-refractivity contribution in [3.8, 4) is 5.75 Å². The van der Waals surface area contributed by atoms with E-state index >= 15 is 0 Å². The van der Waals surface area contributed by atoms with Crippen molar-refractivity contribution < 1.29 is 19.1 Å². The van der Waals surface area contributed by atoms with Crippen molar-refractivity contribution in [2.24, 2.45) is 0 Å². The lowest BCUT2D eigenvalue weighted by atomic mass is 10.1. The van der Waals surface area contributed by atoms with Gasteiger partial charge in [-0.2, -0.15) is 0 Å². The first-order valence-corrected chi connectivity index (χ1v) is 8.21. The number of hydrogen-bond acceptors (Lipinski definition) is 4. The molecule has 1 heterocycles. The number of nitrogens with one attached hydrogen (secondary N) is 2. The smallest absolute Gasteiger partial charge is 0.313 e. The fourth-order valence-corrected chi connectivity index (χ4v) is 2.58. The molecule has 0 unspecified atom stereocenters. The van der Waals surface area contributed by atoms with Crippen molar-refractivity contribution in [3.05, 3.63) is 54.1 Å². The van der Waals surface area contributed by atoms with Crippen LogP contribution in [0.25, 0.3) is 0 Å². The van der Waals surface area contributed by atoms with Crippen LogP contribution in [0.4, 0.5) is 11.4 Å². The molecule has 1 aliphatic heterocycles. The maximum atomic E-state index is 12.0. The third-order valence-electron chi connectivity index (χ3n) is 4.05. The molecule has 2 aromatic rings. The molecule has 7 nitrogen and oxygen atoms in total. The number of fused-ring (bicyclic) bond motifs is 1. The molecule has 3 amide bonds. The Hall–Kier alpha value is -3.35. The van der Waals surface area contributed by atoms with Crippen LogP contribution in [-0.4, -0.2) is 37.9 Å². The first-order chi connectivity index (χ1) is 12.5. The quantitative estimate of drug-likeness (QED) is 0.812. The van der Waals surface area contributed by atoms with Crippen LogP contribution in [-0.2, 0) is 20.8 Å². The zero-order valence-corrected chi connectivity index (χ0v) is 14.3. The maximum Gasteiger partial charge on any atom is 0.313 e. The number of rotatable bonds is 4. The first-order valence-electron chi connectivity index (χ1n) is 8.21. The molecule has 0 bridgehead atoms. The monoisotopic (exact) mass is 353 g/mol.